The van der Waals surface area contributed by atoms with Crippen molar-refractivity contribution in [1.29, 1.82) is 0 Å². The average molecular weight is 295 g/mol. The molecule has 1 aliphatic rings. The van der Waals surface area contributed by atoms with Crippen LogP contribution in [0.5, 0.6) is 0 Å². The summed E-state index contributed by atoms with van der Waals surface area (Å²) >= 11 is 1.58. The molecule has 1 amide bonds. The minimum atomic E-state index is -0.220. The van der Waals surface area contributed by atoms with Crippen LogP contribution in [-0.4, -0.2) is 17.7 Å². The molecule has 0 bridgehead atoms. The second-order valence-corrected chi connectivity index (χ2v) is 6.54. The summed E-state index contributed by atoms with van der Waals surface area (Å²) in [7, 11) is 0. The summed E-state index contributed by atoms with van der Waals surface area (Å²) in [5.41, 5.74) is 1.05. The Kier molecular flexibility index (Phi) is 5.89. The molecule has 1 fully saturated rings. The highest BCUT2D eigenvalue weighted by Gasteiger charge is 2.22. The van der Waals surface area contributed by atoms with Crippen molar-refractivity contribution in [2.45, 2.75) is 44.4 Å². The molecule has 0 aliphatic heterocycles. The van der Waals surface area contributed by atoms with Gasteiger partial charge < -0.3 is 5.32 Å². The van der Waals surface area contributed by atoms with Crippen LogP contribution >= 0.6 is 11.8 Å². The molecule has 0 aromatic heterocycles. The SMILES string of the molecule is CC1CCCCC1NC(=O)CSCc1ccc(F)cc1. The zero-order valence-electron chi connectivity index (χ0n) is 11.9. The van der Waals surface area contributed by atoms with Gasteiger partial charge in [-0.05, 0) is 36.5 Å². The predicted octanol–water partition coefficient (Wildman–Crippen LogP) is 3.75. The first-order valence-electron chi connectivity index (χ1n) is 7.26. The van der Waals surface area contributed by atoms with Crippen molar-refractivity contribution in [3.8, 4) is 0 Å². The molecule has 2 atom stereocenters. The lowest BCUT2D eigenvalue weighted by atomic mass is 9.86. The smallest absolute Gasteiger partial charge is 0.230 e. The highest BCUT2D eigenvalue weighted by Crippen LogP contribution is 2.23. The van der Waals surface area contributed by atoms with Gasteiger partial charge in [-0.1, -0.05) is 31.9 Å². The predicted molar refractivity (Wildman–Crippen MR) is 82.1 cm³/mol. The highest BCUT2D eigenvalue weighted by atomic mass is 32.2. The average Bonchev–Trinajstić information content (AvgIpc) is 2.44. The number of carbonyl (C=O) groups excluding carboxylic acids is 1. The van der Waals surface area contributed by atoms with E-state index in [4.69, 9.17) is 0 Å². The number of amides is 1. The van der Waals surface area contributed by atoms with Crippen molar-refractivity contribution < 1.29 is 9.18 Å². The molecule has 1 N–H and O–H groups in total. The molecular formula is C16H22FNOS. The van der Waals surface area contributed by atoms with E-state index in [1.54, 1.807) is 23.9 Å². The number of carbonyl (C=O) groups is 1. The van der Waals surface area contributed by atoms with E-state index in [0.717, 1.165) is 17.7 Å². The van der Waals surface area contributed by atoms with Crippen molar-refractivity contribution in [2.24, 2.45) is 5.92 Å². The third-order valence-electron chi connectivity index (χ3n) is 3.87. The summed E-state index contributed by atoms with van der Waals surface area (Å²) < 4.78 is 12.8. The zero-order chi connectivity index (χ0) is 14.4. The van der Waals surface area contributed by atoms with E-state index >= 15 is 0 Å². The third-order valence-corrected chi connectivity index (χ3v) is 4.88. The van der Waals surface area contributed by atoms with Crippen LogP contribution in [0.2, 0.25) is 0 Å². The van der Waals surface area contributed by atoms with Crippen LogP contribution in [0.1, 0.15) is 38.2 Å². The van der Waals surface area contributed by atoms with Gasteiger partial charge in [-0.2, -0.15) is 0 Å². The molecule has 1 saturated carbocycles. The van der Waals surface area contributed by atoms with Crippen LogP contribution < -0.4 is 5.32 Å². The lowest BCUT2D eigenvalue weighted by Gasteiger charge is -2.29. The molecule has 110 valence electrons. The minimum Gasteiger partial charge on any atom is -0.352 e. The Bertz CT molecular complexity index is 435. The van der Waals surface area contributed by atoms with Crippen molar-refractivity contribution >= 4 is 17.7 Å². The first-order valence-corrected chi connectivity index (χ1v) is 8.42. The van der Waals surface area contributed by atoms with Gasteiger partial charge in [0.1, 0.15) is 5.82 Å². The van der Waals surface area contributed by atoms with E-state index in [2.05, 4.69) is 12.2 Å². The maximum Gasteiger partial charge on any atom is 0.230 e. The number of rotatable bonds is 5. The molecule has 1 aliphatic carbocycles. The maximum atomic E-state index is 12.8. The quantitative estimate of drug-likeness (QED) is 0.896. The van der Waals surface area contributed by atoms with Gasteiger partial charge in [-0.3, -0.25) is 4.79 Å². The first kappa shape index (κ1) is 15.4. The Labute approximate surface area is 124 Å². The largest absolute Gasteiger partial charge is 0.352 e. The van der Waals surface area contributed by atoms with Crippen molar-refractivity contribution in [3.63, 3.8) is 0 Å². The van der Waals surface area contributed by atoms with Gasteiger partial charge >= 0.3 is 0 Å². The Morgan fingerprint density at radius 3 is 2.70 bits per heavy atom. The standard InChI is InChI=1S/C16H22FNOS/c1-12-4-2-3-5-15(12)18-16(19)11-20-10-13-6-8-14(17)9-7-13/h6-9,12,15H,2-5,10-11H2,1H3,(H,18,19). The van der Waals surface area contributed by atoms with Crippen molar-refractivity contribution in [2.75, 3.05) is 5.75 Å². The van der Waals surface area contributed by atoms with Crippen molar-refractivity contribution in [1.82, 2.24) is 5.32 Å². The van der Waals surface area contributed by atoms with Crippen LogP contribution in [0.15, 0.2) is 24.3 Å². The fraction of sp³-hybridized carbons (Fsp3) is 0.562. The van der Waals surface area contributed by atoms with Crippen LogP contribution in [-0.2, 0) is 10.5 Å². The molecule has 4 heteroatoms. The van der Waals surface area contributed by atoms with Gasteiger partial charge in [0.15, 0.2) is 0 Å². The number of benzene rings is 1. The second kappa shape index (κ2) is 7.67. The normalized spacial score (nSPS) is 22.5. The third kappa shape index (κ3) is 4.82. The van der Waals surface area contributed by atoms with Gasteiger partial charge in [0.2, 0.25) is 5.91 Å². The van der Waals surface area contributed by atoms with E-state index in [-0.39, 0.29) is 11.7 Å². The zero-order valence-corrected chi connectivity index (χ0v) is 12.7. The number of thioether (sulfide) groups is 1. The number of halogens is 1. The second-order valence-electron chi connectivity index (χ2n) is 5.56. The van der Waals surface area contributed by atoms with Gasteiger partial charge in [-0.15, -0.1) is 11.8 Å². The summed E-state index contributed by atoms with van der Waals surface area (Å²) in [4.78, 5) is 11.9. The Morgan fingerprint density at radius 2 is 2.00 bits per heavy atom. The van der Waals surface area contributed by atoms with Crippen molar-refractivity contribution in [3.05, 3.63) is 35.6 Å². The summed E-state index contributed by atoms with van der Waals surface area (Å²) in [6.45, 7) is 2.22. The van der Waals surface area contributed by atoms with E-state index < -0.39 is 0 Å². The van der Waals surface area contributed by atoms with E-state index in [9.17, 15) is 9.18 Å². The molecular weight excluding hydrogens is 273 g/mol. The number of hydrogen-bond acceptors (Lipinski definition) is 2. The Hall–Kier alpha value is -1.03. The monoisotopic (exact) mass is 295 g/mol. The summed E-state index contributed by atoms with van der Waals surface area (Å²) in [5.74, 6) is 1.71. The Balaban J connectivity index is 1.68. The van der Waals surface area contributed by atoms with Crippen LogP contribution in [0, 0.1) is 11.7 Å². The number of nitrogens with one attached hydrogen (secondary N) is 1. The fourth-order valence-corrected chi connectivity index (χ4v) is 3.42. The van der Waals surface area contributed by atoms with Gasteiger partial charge in [0.05, 0.1) is 5.75 Å². The molecule has 0 heterocycles. The fourth-order valence-electron chi connectivity index (χ4n) is 2.62. The molecule has 0 radical (unpaired) electrons. The maximum absolute atomic E-state index is 12.8. The molecule has 2 nitrogen and oxygen atoms in total. The van der Waals surface area contributed by atoms with E-state index in [0.29, 0.717) is 17.7 Å². The molecule has 2 rings (SSSR count). The minimum absolute atomic E-state index is 0.121. The lowest BCUT2D eigenvalue weighted by molar-refractivity contribution is -0.119. The van der Waals surface area contributed by atoms with Crippen LogP contribution in [0.25, 0.3) is 0 Å². The van der Waals surface area contributed by atoms with Crippen LogP contribution in [0.4, 0.5) is 4.39 Å². The molecule has 20 heavy (non-hydrogen) atoms. The molecule has 0 spiro atoms. The summed E-state index contributed by atoms with van der Waals surface area (Å²) in [6, 6.07) is 6.80. The summed E-state index contributed by atoms with van der Waals surface area (Å²) in [5, 5.41) is 3.14. The number of hydrogen-bond donors (Lipinski definition) is 1. The van der Waals surface area contributed by atoms with E-state index in [1.807, 2.05) is 0 Å². The van der Waals surface area contributed by atoms with Gasteiger partial charge in [0, 0.05) is 11.8 Å². The van der Waals surface area contributed by atoms with Gasteiger partial charge in [-0.25, -0.2) is 4.39 Å². The molecule has 0 saturated heterocycles. The lowest BCUT2D eigenvalue weighted by Crippen LogP contribution is -2.41. The summed E-state index contributed by atoms with van der Waals surface area (Å²) in [6.07, 6.45) is 4.83. The van der Waals surface area contributed by atoms with E-state index in [1.165, 1.54) is 31.4 Å². The molecule has 1 aromatic rings. The van der Waals surface area contributed by atoms with Crippen LogP contribution in [0.3, 0.4) is 0 Å². The molecule has 1 aromatic carbocycles. The first-order chi connectivity index (χ1) is 9.65. The highest BCUT2D eigenvalue weighted by molar-refractivity contribution is 7.99. The Morgan fingerprint density at radius 1 is 1.30 bits per heavy atom. The molecule has 2 unspecified atom stereocenters. The topological polar surface area (TPSA) is 29.1 Å². The van der Waals surface area contributed by atoms with Gasteiger partial charge in [0.25, 0.3) is 0 Å².